The van der Waals surface area contributed by atoms with Crippen molar-refractivity contribution in [3.05, 3.63) is 29.2 Å². The molecule has 114 valence electrons. The molecule has 2 N–H and O–H groups in total. The first-order valence-corrected chi connectivity index (χ1v) is 7.37. The van der Waals surface area contributed by atoms with Crippen LogP contribution < -0.4 is 5.73 Å². The van der Waals surface area contributed by atoms with Crippen LogP contribution in [0.25, 0.3) is 6.08 Å². The summed E-state index contributed by atoms with van der Waals surface area (Å²) in [5.74, 6) is -0.219. The molecule has 0 aromatic carbocycles. The number of aromatic nitrogens is 1. The molecule has 1 aliphatic heterocycles. The fourth-order valence-corrected chi connectivity index (χ4v) is 2.20. The Morgan fingerprint density at radius 3 is 2.43 bits per heavy atom. The summed E-state index contributed by atoms with van der Waals surface area (Å²) in [7, 11) is -0.487. The van der Waals surface area contributed by atoms with E-state index in [1.54, 1.807) is 0 Å². The van der Waals surface area contributed by atoms with Crippen molar-refractivity contribution in [2.45, 2.75) is 38.9 Å². The number of halogens is 1. The predicted octanol–water partition coefficient (Wildman–Crippen LogP) is 2.75. The van der Waals surface area contributed by atoms with E-state index in [1.165, 1.54) is 12.3 Å². The number of hydrogen-bond donors (Lipinski definition) is 2. The number of rotatable bonds is 3. The molecule has 0 radical (unpaired) electrons. The van der Waals surface area contributed by atoms with Crippen LogP contribution in [0.2, 0.25) is 0 Å². The average Bonchev–Trinajstić information content (AvgIpc) is 2.59. The average molecular weight is 310 g/mol. The van der Waals surface area contributed by atoms with E-state index in [1.807, 2.05) is 33.8 Å². The van der Waals surface area contributed by atoms with Gasteiger partial charge in [0, 0.05) is 11.9 Å². The zero-order valence-electron chi connectivity index (χ0n) is 12.7. The lowest BCUT2D eigenvalue weighted by Gasteiger charge is -2.32. The molecule has 1 aromatic rings. The molecule has 0 spiro atoms. The van der Waals surface area contributed by atoms with Crippen LogP contribution >= 0.6 is 12.6 Å². The van der Waals surface area contributed by atoms with Crippen molar-refractivity contribution in [2.75, 3.05) is 11.5 Å². The van der Waals surface area contributed by atoms with Crippen LogP contribution in [-0.4, -0.2) is 29.1 Å². The number of thiol groups is 1. The quantitative estimate of drug-likeness (QED) is 0.512. The van der Waals surface area contributed by atoms with E-state index < -0.39 is 24.3 Å². The summed E-state index contributed by atoms with van der Waals surface area (Å²) in [5.41, 5.74) is 6.23. The highest BCUT2D eigenvalue weighted by atomic mass is 32.1. The maximum Gasteiger partial charge on any atom is 0.491 e. The Kier molecular flexibility index (Phi) is 4.37. The molecular formula is C14H20BFN2O2S. The van der Waals surface area contributed by atoms with Gasteiger partial charge < -0.3 is 15.0 Å². The number of anilines is 1. The van der Waals surface area contributed by atoms with Crippen LogP contribution in [0.3, 0.4) is 0 Å². The molecule has 0 atom stereocenters. The maximum absolute atomic E-state index is 13.1. The Balaban J connectivity index is 2.28. The third kappa shape index (κ3) is 3.25. The summed E-state index contributed by atoms with van der Waals surface area (Å²) in [6.45, 7) is 7.95. The largest absolute Gasteiger partial charge is 0.491 e. The molecule has 0 aliphatic carbocycles. The summed E-state index contributed by atoms with van der Waals surface area (Å²) in [6, 6.07) is 1.52. The fraction of sp³-hybridized carbons (Fsp3) is 0.500. The number of hydrogen-bond acceptors (Lipinski definition) is 5. The van der Waals surface area contributed by atoms with E-state index in [0.29, 0.717) is 11.3 Å². The minimum atomic E-state index is -0.671. The Labute approximate surface area is 130 Å². The molecule has 2 rings (SSSR count). The lowest BCUT2D eigenvalue weighted by Crippen LogP contribution is -2.41. The van der Waals surface area contributed by atoms with Crippen LogP contribution in [0.1, 0.15) is 33.3 Å². The smallest absolute Gasteiger partial charge is 0.400 e. The molecule has 4 nitrogen and oxygen atoms in total. The van der Waals surface area contributed by atoms with Crippen LogP contribution in [0, 0.1) is 5.95 Å². The third-order valence-electron chi connectivity index (χ3n) is 3.98. The Hall–Kier alpha value is -1.05. The van der Waals surface area contributed by atoms with Crippen LogP contribution in [0.4, 0.5) is 10.1 Å². The first-order valence-electron chi connectivity index (χ1n) is 6.74. The van der Waals surface area contributed by atoms with Gasteiger partial charge in [0.05, 0.1) is 16.9 Å². The van der Waals surface area contributed by atoms with E-state index in [9.17, 15) is 4.39 Å². The van der Waals surface area contributed by atoms with Crippen molar-refractivity contribution in [3.8, 4) is 0 Å². The van der Waals surface area contributed by atoms with Gasteiger partial charge in [-0.2, -0.15) is 17.0 Å². The van der Waals surface area contributed by atoms with Gasteiger partial charge in [-0.3, -0.25) is 0 Å². The Morgan fingerprint density at radius 1 is 1.38 bits per heavy atom. The monoisotopic (exact) mass is 310 g/mol. The fourth-order valence-electron chi connectivity index (χ4n) is 1.96. The number of nitrogens with two attached hydrogens (primary N) is 1. The highest BCUT2D eigenvalue weighted by Gasteiger charge is 2.52. The standard InChI is InChI=1S/C14H20BFN2O2S/c1-13(2)14(3,4)20-15(19-13)10(8-21)5-9-6-11(17)12(16)18-7-9/h5-7,21H,8,17H2,1-4H3. The molecular weight excluding hydrogens is 290 g/mol. The second-order valence-corrected chi connectivity index (χ2v) is 6.43. The Morgan fingerprint density at radius 2 is 1.95 bits per heavy atom. The van der Waals surface area contributed by atoms with E-state index >= 15 is 0 Å². The van der Waals surface area contributed by atoms with Crippen LogP contribution in [-0.2, 0) is 9.31 Å². The second kappa shape index (κ2) is 5.63. The van der Waals surface area contributed by atoms with Gasteiger partial charge in [-0.1, -0.05) is 6.08 Å². The molecule has 7 heteroatoms. The number of pyridine rings is 1. The normalized spacial score (nSPS) is 20.9. The molecule has 0 bridgehead atoms. The molecule has 1 aliphatic rings. The van der Waals surface area contributed by atoms with Crippen molar-refractivity contribution in [3.63, 3.8) is 0 Å². The van der Waals surface area contributed by atoms with Crippen molar-refractivity contribution in [1.29, 1.82) is 0 Å². The molecule has 1 fully saturated rings. The van der Waals surface area contributed by atoms with Gasteiger partial charge in [-0.05, 0) is 44.8 Å². The lowest BCUT2D eigenvalue weighted by atomic mass is 9.78. The molecule has 21 heavy (non-hydrogen) atoms. The predicted molar refractivity (Wildman–Crippen MR) is 86.5 cm³/mol. The van der Waals surface area contributed by atoms with Crippen molar-refractivity contribution in [1.82, 2.24) is 4.98 Å². The van der Waals surface area contributed by atoms with E-state index in [2.05, 4.69) is 17.6 Å². The van der Waals surface area contributed by atoms with Gasteiger partial charge in [0.15, 0.2) is 0 Å². The van der Waals surface area contributed by atoms with Gasteiger partial charge in [-0.25, -0.2) is 4.98 Å². The second-order valence-electron chi connectivity index (χ2n) is 6.11. The van der Waals surface area contributed by atoms with Crippen molar-refractivity contribution in [2.24, 2.45) is 0 Å². The van der Waals surface area contributed by atoms with Gasteiger partial charge in [0.2, 0.25) is 5.95 Å². The first-order chi connectivity index (χ1) is 9.66. The van der Waals surface area contributed by atoms with Crippen molar-refractivity contribution >= 4 is 31.5 Å². The minimum absolute atomic E-state index is 0.0104. The topological polar surface area (TPSA) is 57.4 Å². The molecule has 0 amide bonds. The van der Waals surface area contributed by atoms with Gasteiger partial charge in [0.25, 0.3) is 0 Å². The lowest BCUT2D eigenvalue weighted by molar-refractivity contribution is 0.00578. The number of nitrogens with zero attached hydrogens (tertiary/aromatic N) is 1. The third-order valence-corrected chi connectivity index (χ3v) is 4.34. The first kappa shape index (κ1) is 16.3. The zero-order valence-corrected chi connectivity index (χ0v) is 13.6. The minimum Gasteiger partial charge on any atom is -0.400 e. The highest BCUT2D eigenvalue weighted by molar-refractivity contribution is 7.80. The van der Waals surface area contributed by atoms with Gasteiger partial charge in [0.1, 0.15) is 0 Å². The highest BCUT2D eigenvalue weighted by Crippen LogP contribution is 2.39. The van der Waals surface area contributed by atoms with Crippen LogP contribution in [0.5, 0.6) is 0 Å². The summed E-state index contributed by atoms with van der Waals surface area (Å²) in [5, 5.41) is 0. The summed E-state index contributed by atoms with van der Waals surface area (Å²) < 4.78 is 25.1. The molecule has 1 saturated heterocycles. The van der Waals surface area contributed by atoms with E-state index in [-0.39, 0.29) is 5.69 Å². The van der Waals surface area contributed by atoms with Crippen LogP contribution in [0.15, 0.2) is 17.7 Å². The summed E-state index contributed by atoms with van der Waals surface area (Å²) >= 11 is 4.33. The van der Waals surface area contributed by atoms with E-state index in [0.717, 1.165) is 5.47 Å². The van der Waals surface area contributed by atoms with Crippen molar-refractivity contribution < 1.29 is 13.7 Å². The SMILES string of the molecule is CC1(C)OB(C(=Cc2cnc(F)c(N)c2)CS)OC1(C)C. The molecule has 2 heterocycles. The number of nitrogen functional groups attached to an aromatic ring is 1. The van der Waals surface area contributed by atoms with E-state index in [4.69, 9.17) is 15.0 Å². The van der Waals surface area contributed by atoms with Gasteiger partial charge >= 0.3 is 7.12 Å². The van der Waals surface area contributed by atoms with Gasteiger partial charge in [-0.15, -0.1) is 0 Å². The Bertz CT molecular complexity index is 562. The molecule has 0 unspecified atom stereocenters. The maximum atomic E-state index is 13.1. The molecule has 1 aromatic heterocycles. The summed E-state index contributed by atoms with van der Waals surface area (Å²) in [4.78, 5) is 3.61. The zero-order chi connectivity index (χ0) is 15.8. The summed E-state index contributed by atoms with van der Waals surface area (Å²) in [6.07, 6.45) is 3.23. The molecule has 0 saturated carbocycles.